The molecule has 0 aliphatic carbocycles. The van der Waals surface area contributed by atoms with E-state index in [-0.39, 0.29) is 16.3 Å². The second-order valence-corrected chi connectivity index (χ2v) is 9.98. The molecule has 0 saturated carbocycles. The summed E-state index contributed by atoms with van der Waals surface area (Å²) in [7, 11) is 0. The normalized spacial score (nSPS) is 19.3. The van der Waals surface area contributed by atoms with Gasteiger partial charge in [0.25, 0.3) is 5.91 Å². The van der Waals surface area contributed by atoms with Gasteiger partial charge in [0.2, 0.25) is 0 Å². The van der Waals surface area contributed by atoms with Gasteiger partial charge in [0.15, 0.2) is 10.7 Å². The maximum Gasteiger partial charge on any atom is 0.264 e. The van der Waals surface area contributed by atoms with Crippen molar-refractivity contribution >= 4 is 40.1 Å². The van der Waals surface area contributed by atoms with Crippen molar-refractivity contribution in [1.29, 1.82) is 0 Å². The second kappa shape index (κ2) is 7.30. The van der Waals surface area contributed by atoms with E-state index in [2.05, 4.69) is 0 Å². The smallest absolute Gasteiger partial charge is 0.264 e. The maximum atomic E-state index is 13.2. The van der Waals surface area contributed by atoms with Crippen molar-refractivity contribution in [3.8, 4) is 0 Å². The van der Waals surface area contributed by atoms with Crippen LogP contribution < -0.4 is 4.90 Å². The molecule has 27 heavy (non-hydrogen) atoms. The molecule has 0 bridgehead atoms. The highest BCUT2D eigenvalue weighted by Crippen LogP contribution is 2.45. The van der Waals surface area contributed by atoms with Crippen molar-refractivity contribution in [2.75, 3.05) is 4.90 Å². The molecule has 0 aromatic heterocycles. The van der Waals surface area contributed by atoms with Crippen LogP contribution in [0.2, 0.25) is 5.02 Å². The van der Waals surface area contributed by atoms with Gasteiger partial charge in [0, 0.05) is 15.3 Å². The Bertz CT molecular complexity index is 879. The molecule has 0 saturated heterocycles. The predicted molar refractivity (Wildman–Crippen MR) is 110 cm³/mol. The van der Waals surface area contributed by atoms with E-state index in [4.69, 9.17) is 11.6 Å². The molecule has 2 aromatic carbocycles. The van der Waals surface area contributed by atoms with Crippen LogP contribution in [0.5, 0.6) is 0 Å². The summed E-state index contributed by atoms with van der Waals surface area (Å²) in [4.78, 5) is 27.2. The number of amides is 1. The molecule has 3 rings (SSSR count). The van der Waals surface area contributed by atoms with Crippen molar-refractivity contribution in [2.45, 2.75) is 44.1 Å². The van der Waals surface area contributed by atoms with E-state index >= 15 is 0 Å². The number of hydrogen-bond acceptors (Lipinski definition) is 4. The monoisotopic (exact) mass is 403 g/mol. The lowest BCUT2D eigenvalue weighted by molar-refractivity contribution is -0.139. The van der Waals surface area contributed by atoms with Crippen molar-refractivity contribution < 1.29 is 14.7 Å². The van der Waals surface area contributed by atoms with Crippen LogP contribution in [0.1, 0.15) is 38.3 Å². The number of benzene rings is 2. The fourth-order valence-electron chi connectivity index (χ4n) is 3.21. The lowest BCUT2D eigenvalue weighted by Crippen LogP contribution is -2.41. The number of hydrogen-bond donors (Lipinski definition) is 1. The van der Waals surface area contributed by atoms with Gasteiger partial charge < -0.3 is 10.0 Å². The fraction of sp³-hybridized carbons (Fsp3) is 0.333. The molecular weight excluding hydrogens is 382 g/mol. The highest BCUT2D eigenvalue weighted by molar-refractivity contribution is 8.14. The van der Waals surface area contributed by atoms with Crippen molar-refractivity contribution in [3.05, 3.63) is 64.7 Å². The first kappa shape index (κ1) is 19.9. The predicted octanol–water partition coefficient (Wildman–Crippen LogP) is 4.52. The van der Waals surface area contributed by atoms with Gasteiger partial charge in [-0.2, -0.15) is 0 Å². The Morgan fingerprint density at radius 2 is 1.85 bits per heavy atom. The van der Waals surface area contributed by atoms with Crippen molar-refractivity contribution in [2.24, 2.45) is 0 Å². The Morgan fingerprint density at radius 1 is 1.19 bits per heavy atom. The van der Waals surface area contributed by atoms with Crippen LogP contribution in [0.25, 0.3) is 0 Å². The SMILES string of the molecule is CC(C)(C)SC(=O)C[C@]1(O)C(=O)N(Cc2ccccc2)c2cc(Cl)ccc21. The number of thioether (sulfide) groups is 1. The third kappa shape index (κ3) is 4.21. The van der Waals surface area contributed by atoms with Crippen LogP contribution in [0.15, 0.2) is 48.5 Å². The molecule has 4 nitrogen and oxygen atoms in total. The number of aliphatic hydroxyl groups is 1. The van der Waals surface area contributed by atoms with E-state index in [9.17, 15) is 14.7 Å². The molecule has 1 amide bonds. The quantitative estimate of drug-likeness (QED) is 0.815. The number of fused-ring (bicyclic) bond motifs is 1. The molecule has 0 radical (unpaired) electrons. The molecule has 1 N–H and O–H groups in total. The van der Waals surface area contributed by atoms with Crippen LogP contribution in [0.3, 0.4) is 0 Å². The average molecular weight is 404 g/mol. The molecule has 0 spiro atoms. The summed E-state index contributed by atoms with van der Waals surface area (Å²) in [5.74, 6) is -0.494. The lowest BCUT2D eigenvalue weighted by Gasteiger charge is -2.24. The van der Waals surface area contributed by atoms with Crippen LogP contribution >= 0.6 is 23.4 Å². The van der Waals surface area contributed by atoms with Crippen molar-refractivity contribution in [1.82, 2.24) is 0 Å². The molecule has 142 valence electrons. The Labute approximate surface area is 168 Å². The van der Waals surface area contributed by atoms with Gasteiger partial charge in [0.1, 0.15) is 0 Å². The van der Waals surface area contributed by atoms with Crippen LogP contribution in [-0.4, -0.2) is 20.9 Å². The summed E-state index contributed by atoms with van der Waals surface area (Å²) in [6.07, 6.45) is -0.270. The summed E-state index contributed by atoms with van der Waals surface area (Å²) in [5.41, 5.74) is 0.0313. The zero-order valence-corrected chi connectivity index (χ0v) is 17.1. The Hall–Kier alpha value is -1.82. The molecule has 1 atom stereocenters. The Morgan fingerprint density at radius 3 is 2.48 bits per heavy atom. The summed E-state index contributed by atoms with van der Waals surface area (Å²) in [6.45, 7) is 6.07. The number of halogens is 1. The number of rotatable bonds is 4. The molecule has 0 unspecified atom stereocenters. The zero-order chi connectivity index (χ0) is 19.8. The molecule has 1 heterocycles. The van der Waals surface area contributed by atoms with E-state index < -0.39 is 11.5 Å². The first-order chi connectivity index (χ1) is 12.6. The molecule has 0 fully saturated rings. The first-order valence-electron chi connectivity index (χ1n) is 8.70. The third-order valence-corrected chi connectivity index (χ3v) is 5.52. The van der Waals surface area contributed by atoms with Crippen LogP contribution in [0, 0.1) is 0 Å². The topological polar surface area (TPSA) is 57.6 Å². The maximum absolute atomic E-state index is 13.2. The summed E-state index contributed by atoms with van der Waals surface area (Å²) in [5, 5.41) is 11.5. The second-order valence-electron chi connectivity index (χ2n) is 7.66. The van der Waals surface area contributed by atoms with Gasteiger partial charge in [-0.05, 0) is 17.7 Å². The standard InChI is InChI=1S/C21H22ClNO3S/c1-20(2,3)27-18(24)12-21(26)16-10-9-15(22)11-17(16)23(19(21)25)13-14-7-5-4-6-8-14/h4-11,26H,12-13H2,1-3H3/t21-/m1/s1. The van der Waals surface area contributed by atoms with E-state index in [0.29, 0.717) is 22.8 Å². The minimum absolute atomic E-state index is 0.221. The minimum Gasteiger partial charge on any atom is -0.375 e. The van der Waals surface area contributed by atoms with Crippen molar-refractivity contribution in [3.63, 3.8) is 0 Å². The van der Waals surface area contributed by atoms with Gasteiger partial charge in [-0.15, -0.1) is 0 Å². The molecule has 6 heteroatoms. The zero-order valence-electron chi connectivity index (χ0n) is 15.5. The number of nitrogens with zero attached hydrogens (tertiary/aromatic N) is 1. The molecular formula is C21H22ClNO3S. The molecule has 2 aromatic rings. The largest absolute Gasteiger partial charge is 0.375 e. The molecule has 1 aliphatic heterocycles. The van der Waals surface area contributed by atoms with Gasteiger partial charge in [0.05, 0.1) is 18.7 Å². The molecule has 1 aliphatic rings. The van der Waals surface area contributed by atoms with E-state index in [0.717, 1.165) is 17.3 Å². The Balaban J connectivity index is 1.96. The minimum atomic E-state index is -1.87. The highest BCUT2D eigenvalue weighted by atomic mass is 35.5. The summed E-state index contributed by atoms with van der Waals surface area (Å²) in [6, 6.07) is 14.4. The number of carbonyl (C=O) groups is 2. The van der Waals surface area contributed by atoms with Crippen LogP contribution in [-0.2, 0) is 21.7 Å². The first-order valence-corrected chi connectivity index (χ1v) is 9.90. The van der Waals surface area contributed by atoms with Gasteiger partial charge in [-0.25, -0.2) is 0 Å². The fourth-order valence-corrected chi connectivity index (χ4v) is 4.34. The lowest BCUT2D eigenvalue weighted by atomic mass is 9.92. The Kier molecular flexibility index (Phi) is 5.39. The van der Waals surface area contributed by atoms with Gasteiger partial charge in [-0.3, -0.25) is 9.59 Å². The summed E-state index contributed by atoms with van der Waals surface area (Å²) >= 11 is 7.27. The number of anilines is 1. The van der Waals surface area contributed by atoms with Gasteiger partial charge >= 0.3 is 0 Å². The summed E-state index contributed by atoms with van der Waals surface area (Å²) < 4.78 is -0.290. The van der Waals surface area contributed by atoms with Crippen LogP contribution in [0.4, 0.5) is 5.69 Å². The number of carbonyl (C=O) groups excluding carboxylic acids is 2. The van der Waals surface area contributed by atoms with E-state index in [1.165, 1.54) is 4.90 Å². The third-order valence-electron chi connectivity index (χ3n) is 4.30. The van der Waals surface area contributed by atoms with E-state index in [1.54, 1.807) is 18.2 Å². The average Bonchev–Trinajstić information content (AvgIpc) is 2.75. The highest BCUT2D eigenvalue weighted by Gasteiger charge is 2.51. The van der Waals surface area contributed by atoms with E-state index in [1.807, 2.05) is 51.1 Å². The van der Waals surface area contributed by atoms with Gasteiger partial charge in [-0.1, -0.05) is 80.5 Å².